The lowest BCUT2D eigenvalue weighted by molar-refractivity contribution is 0.0783. The number of hydrogen-bond acceptors (Lipinski definition) is 5. The van der Waals surface area contributed by atoms with Crippen LogP contribution in [0.3, 0.4) is 0 Å². The molecule has 1 aliphatic heterocycles. The van der Waals surface area contributed by atoms with E-state index in [2.05, 4.69) is 35.6 Å². The smallest absolute Gasteiger partial charge is 0.263 e. The number of aryl methyl sites for hydroxylation is 1. The fourth-order valence-corrected chi connectivity index (χ4v) is 7.82. The van der Waals surface area contributed by atoms with Crippen LogP contribution in [-0.4, -0.2) is 40.2 Å². The Balaban J connectivity index is 0.00000103. The van der Waals surface area contributed by atoms with E-state index in [-0.39, 0.29) is 16.6 Å². The molecule has 6 rings (SSSR count). The van der Waals surface area contributed by atoms with Crippen molar-refractivity contribution in [2.75, 3.05) is 24.6 Å². The van der Waals surface area contributed by atoms with E-state index in [0.29, 0.717) is 24.0 Å². The number of unbranched alkanes of at least 4 members (excludes halogenated alkanes) is 1. The summed E-state index contributed by atoms with van der Waals surface area (Å²) in [5.41, 5.74) is 4.72. The number of nitrogens with zero attached hydrogens (tertiary/aromatic N) is 1. The predicted octanol–water partition coefficient (Wildman–Crippen LogP) is 8.57. The van der Waals surface area contributed by atoms with Gasteiger partial charge < -0.3 is 14.7 Å². The maximum atomic E-state index is 13.1. The third-order valence-electron chi connectivity index (χ3n) is 10.2. The van der Waals surface area contributed by atoms with E-state index in [0.717, 1.165) is 73.6 Å². The topological polar surface area (TPSA) is 78.9 Å². The fourth-order valence-electron chi connectivity index (χ4n) is 7.09. The van der Waals surface area contributed by atoms with E-state index >= 15 is 0 Å². The Hall–Kier alpha value is -2.87. The Bertz CT molecular complexity index is 1530. The van der Waals surface area contributed by atoms with Crippen LogP contribution in [0.15, 0.2) is 66.7 Å². The highest BCUT2D eigenvalue weighted by molar-refractivity contribution is 7.84. The summed E-state index contributed by atoms with van der Waals surface area (Å²) >= 11 is 6.42. The number of aliphatic hydroxyl groups is 1. The molecule has 1 fully saturated rings. The van der Waals surface area contributed by atoms with E-state index in [1.54, 1.807) is 6.07 Å². The first-order valence-electron chi connectivity index (χ1n) is 17.4. The molecule has 1 heterocycles. The minimum absolute atomic E-state index is 0.175. The minimum Gasteiger partial charge on any atom is -0.490 e. The van der Waals surface area contributed by atoms with Gasteiger partial charge in [0.25, 0.3) is 5.91 Å². The van der Waals surface area contributed by atoms with Crippen molar-refractivity contribution in [3.8, 4) is 5.75 Å². The lowest BCUT2D eigenvalue weighted by Crippen LogP contribution is -2.48. The Morgan fingerprint density at radius 1 is 1.06 bits per heavy atom. The van der Waals surface area contributed by atoms with E-state index in [9.17, 15) is 14.1 Å². The summed E-state index contributed by atoms with van der Waals surface area (Å²) in [4.78, 5) is 15.5. The van der Waals surface area contributed by atoms with Crippen LogP contribution >= 0.6 is 11.6 Å². The molecule has 0 aromatic heterocycles. The number of carbonyl (C=O) groups is 1. The maximum absolute atomic E-state index is 13.1. The second-order valence-corrected chi connectivity index (χ2v) is 16.0. The normalized spacial score (nSPS) is 22.8. The van der Waals surface area contributed by atoms with Gasteiger partial charge in [0.05, 0.1) is 18.4 Å². The molecule has 6 nitrogen and oxygen atoms in total. The Kier molecular flexibility index (Phi) is 12.1. The van der Waals surface area contributed by atoms with Crippen LogP contribution in [0.1, 0.15) is 106 Å². The van der Waals surface area contributed by atoms with Crippen molar-refractivity contribution in [1.82, 2.24) is 4.72 Å². The highest BCUT2D eigenvalue weighted by Crippen LogP contribution is 2.47. The number of rotatable bonds is 9. The van der Waals surface area contributed by atoms with Crippen molar-refractivity contribution in [3.63, 3.8) is 0 Å². The second kappa shape index (κ2) is 16.0. The largest absolute Gasteiger partial charge is 0.490 e. The van der Waals surface area contributed by atoms with Gasteiger partial charge in [0, 0.05) is 34.3 Å². The number of fused-ring (bicyclic) bond motifs is 3. The van der Waals surface area contributed by atoms with Crippen LogP contribution in [0, 0.1) is 11.8 Å². The zero-order valence-electron chi connectivity index (χ0n) is 28.3. The summed E-state index contributed by atoms with van der Waals surface area (Å²) < 4.78 is 21.6. The lowest BCUT2D eigenvalue weighted by Gasteiger charge is -2.45. The van der Waals surface area contributed by atoms with Gasteiger partial charge in [0.2, 0.25) is 0 Å². The summed E-state index contributed by atoms with van der Waals surface area (Å²) in [7, 11) is -1.46. The van der Waals surface area contributed by atoms with Crippen LogP contribution < -0.4 is 14.4 Å². The average molecular weight is 679 g/mol. The molecule has 3 aromatic carbocycles. The Morgan fingerprint density at radius 2 is 1.81 bits per heavy atom. The number of halogens is 1. The van der Waals surface area contributed by atoms with Crippen molar-refractivity contribution < 1.29 is 18.8 Å². The molecule has 1 saturated carbocycles. The molecule has 5 atom stereocenters. The first-order valence-corrected chi connectivity index (χ1v) is 19.0. The summed E-state index contributed by atoms with van der Waals surface area (Å²) in [6, 6.07) is 21.7. The Morgan fingerprint density at radius 3 is 2.49 bits per heavy atom. The van der Waals surface area contributed by atoms with Gasteiger partial charge >= 0.3 is 0 Å². The first kappa shape index (κ1) is 35.4. The van der Waals surface area contributed by atoms with Crippen LogP contribution in [0.4, 0.5) is 5.69 Å². The van der Waals surface area contributed by atoms with Crippen molar-refractivity contribution in [2.45, 2.75) is 95.8 Å². The molecule has 0 bridgehead atoms. The summed E-state index contributed by atoms with van der Waals surface area (Å²) in [5.74, 6) is 1.25. The molecule has 3 aliphatic rings. The van der Waals surface area contributed by atoms with Gasteiger partial charge in [0.1, 0.15) is 16.7 Å². The zero-order valence-corrected chi connectivity index (χ0v) is 29.9. The number of nitrogens with one attached hydrogen (secondary N) is 1. The van der Waals surface area contributed by atoms with Crippen LogP contribution in [0.5, 0.6) is 5.75 Å². The maximum Gasteiger partial charge on any atom is 0.263 e. The molecule has 254 valence electrons. The zero-order chi connectivity index (χ0) is 33.6. The Labute approximate surface area is 288 Å². The highest BCUT2D eigenvalue weighted by atomic mass is 35.5. The molecule has 0 radical (unpaired) electrons. The number of amides is 1. The summed E-state index contributed by atoms with van der Waals surface area (Å²) in [5, 5.41) is 11.6. The number of benzene rings is 3. The van der Waals surface area contributed by atoms with Gasteiger partial charge in [-0.1, -0.05) is 74.7 Å². The first-order chi connectivity index (χ1) is 22.6. The molecule has 2 aliphatic carbocycles. The van der Waals surface area contributed by atoms with Crippen molar-refractivity contribution in [3.05, 3.63) is 94.0 Å². The van der Waals surface area contributed by atoms with E-state index in [1.807, 2.05) is 62.4 Å². The van der Waals surface area contributed by atoms with Gasteiger partial charge in [-0.15, -0.1) is 0 Å². The number of carbonyl (C=O) groups excluding carboxylic acids is 1. The molecular formula is C39H51ClN2O4S. The van der Waals surface area contributed by atoms with E-state index in [1.165, 1.54) is 24.0 Å². The number of aliphatic hydroxyl groups excluding tert-OH is 1. The molecule has 1 spiro atoms. The average Bonchev–Trinajstić information content (AvgIpc) is 3.22. The van der Waals surface area contributed by atoms with Crippen molar-refractivity contribution >= 4 is 34.2 Å². The molecule has 47 heavy (non-hydrogen) atoms. The number of anilines is 1. The van der Waals surface area contributed by atoms with Crippen LogP contribution in [0.2, 0.25) is 5.02 Å². The fraction of sp³-hybridized carbons (Fsp3) is 0.513. The molecule has 1 amide bonds. The molecule has 2 N–H and O–H groups in total. The monoisotopic (exact) mass is 678 g/mol. The predicted molar refractivity (Wildman–Crippen MR) is 194 cm³/mol. The highest BCUT2D eigenvalue weighted by Gasteiger charge is 2.43. The SMILES string of the molecule is CC(C)S(=O)NC(=O)c1ccc2c(c1)N(CC1CCC1CC(O)c1ccccc1)CC1(CCCc3cc(Cl)ccc31)CO2.CCCC. The van der Waals surface area contributed by atoms with Gasteiger partial charge in [-0.05, 0) is 111 Å². The van der Waals surface area contributed by atoms with Crippen molar-refractivity contribution in [2.24, 2.45) is 11.8 Å². The lowest BCUT2D eigenvalue weighted by atomic mass is 9.68. The quantitative estimate of drug-likeness (QED) is 0.237. The molecule has 3 aromatic rings. The molecular weight excluding hydrogens is 628 g/mol. The van der Waals surface area contributed by atoms with Gasteiger partial charge in [-0.25, -0.2) is 4.21 Å². The number of ether oxygens (including phenoxy) is 1. The van der Waals surface area contributed by atoms with Gasteiger partial charge in [-0.2, -0.15) is 0 Å². The standard InChI is InChI=1S/C35H41ClN2O4S.C4H10/c1-23(2)43(41)37-34(40)27-12-15-33-31(18-27)38(20-28-11-10-25(28)19-32(39)24-7-4-3-5-8-24)21-35(22-42-33)16-6-9-26-17-29(36)13-14-30(26)35;1-3-4-2/h3-5,7-8,12-15,17-18,23,25,28,32,39H,6,9-11,16,19-22H2,1-2H3,(H,37,40);3-4H2,1-2H3. The summed E-state index contributed by atoms with van der Waals surface area (Å²) in [6.45, 7) is 10.1. The van der Waals surface area contributed by atoms with Crippen LogP contribution in [-0.2, 0) is 22.8 Å². The van der Waals surface area contributed by atoms with Gasteiger partial charge in [0.15, 0.2) is 0 Å². The third-order valence-corrected chi connectivity index (χ3v) is 11.6. The van der Waals surface area contributed by atoms with Crippen LogP contribution in [0.25, 0.3) is 0 Å². The number of hydrogen-bond donors (Lipinski definition) is 2. The van der Waals surface area contributed by atoms with Gasteiger partial charge in [-0.3, -0.25) is 9.52 Å². The summed E-state index contributed by atoms with van der Waals surface area (Å²) in [6.07, 6.45) is 8.17. The minimum atomic E-state index is -1.46. The molecule has 8 heteroatoms. The van der Waals surface area contributed by atoms with E-state index in [4.69, 9.17) is 16.3 Å². The second-order valence-electron chi connectivity index (χ2n) is 13.8. The molecule has 5 unspecified atom stereocenters. The molecule has 0 saturated heterocycles. The third kappa shape index (κ3) is 8.41. The van der Waals surface area contributed by atoms with E-state index < -0.39 is 17.1 Å². The van der Waals surface area contributed by atoms with Crippen molar-refractivity contribution in [1.29, 1.82) is 0 Å².